The van der Waals surface area contributed by atoms with Crippen LogP contribution in [0.2, 0.25) is 0 Å². The van der Waals surface area contributed by atoms with Gasteiger partial charge in [-0.25, -0.2) is 4.79 Å². The zero-order valence-electron chi connectivity index (χ0n) is 12.9. The second kappa shape index (κ2) is 7.41. The maximum Gasteiger partial charge on any atom is 0.317 e. The van der Waals surface area contributed by atoms with Gasteiger partial charge in [0.2, 0.25) is 0 Å². The topological polar surface area (TPSA) is 65.5 Å². The van der Waals surface area contributed by atoms with Crippen molar-refractivity contribution in [1.82, 2.24) is 15.2 Å². The van der Waals surface area contributed by atoms with E-state index in [9.17, 15) is 9.90 Å². The van der Waals surface area contributed by atoms with E-state index in [-0.39, 0.29) is 12.1 Å². The highest BCUT2D eigenvalue weighted by Gasteiger charge is 2.25. The van der Waals surface area contributed by atoms with Gasteiger partial charge in [0.05, 0.1) is 24.4 Å². The predicted octanol–water partition coefficient (Wildman–Crippen LogP) is 2.09. The van der Waals surface area contributed by atoms with Crippen molar-refractivity contribution in [3.05, 3.63) is 29.6 Å². The molecule has 0 spiro atoms. The van der Waals surface area contributed by atoms with Gasteiger partial charge in [-0.15, -0.1) is 0 Å². The maximum atomic E-state index is 12.2. The summed E-state index contributed by atoms with van der Waals surface area (Å²) in [6.45, 7) is 2.56. The Kier molecular flexibility index (Phi) is 5.56. The molecule has 0 saturated heterocycles. The zero-order valence-corrected chi connectivity index (χ0v) is 12.9. The zero-order chi connectivity index (χ0) is 15.2. The van der Waals surface area contributed by atoms with Crippen molar-refractivity contribution in [3.8, 4) is 0 Å². The Morgan fingerprint density at radius 2 is 2.19 bits per heavy atom. The number of aliphatic hydroxyl groups excluding tert-OH is 1. The molecule has 1 aliphatic rings. The molecule has 0 aromatic carbocycles. The van der Waals surface area contributed by atoms with Crippen LogP contribution in [0.4, 0.5) is 4.79 Å². The number of aliphatic hydroxyl groups is 1. The minimum Gasteiger partial charge on any atom is -0.391 e. The smallest absolute Gasteiger partial charge is 0.317 e. The van der Waals surface area contributed by atoms with Crippen LogP contribution >= 0.6 is 0 Å². The molecular formula is C16H25N3O2. The van der Waals surface area contributed by atoms with E-state index in [1.54, 1.807) is 11.9 Å². The van der Waals surface area contributed by atoms with Crippen LogP contribution in [-0.2, 0) is 13.0 Å². The third-order valence-electron chi connectivity index (χ3n) is 4.08. The summed E-state index contributed by atoms with van der Waals surface area (Å²) in [5, 5.41) is 12.8. The Balaban J connectivity index is 1.86. The molecular weight excluding hydrogens is 266 g/mol. The summed E-state index contributed by atoms with van der Waals surface area (Å²) in [5.74, 6) is 0. The van der Waals surface area contributed by atoms with Gasteiger partial charge in [-0.05, 0) is 30.9 Å². The first-order chi connectivity index (χ1) is 10.1. The van der Waals surface area contributed by atoms with E-state index < -0.39 is 6.10 Å². The van der Waals surface area contributed by atoms with Crippen molar-refractivity contribution >= 4 is 6.03 Å². The average Bonchev–Trinajstić information content (AvgIpc) is 2.50. The minimum absolute atomic E-state index is 0.121. The lowest BCUT2D eigenvalue weighted by Gasteiger charge is -2.30. The van der Waals surface area contributed by atoms with Crippen LogP contribution in [0, 0.1) is 0 Å². The summed E-state index contributed by atoms with van der Waals surface area (Å²) in [7, 11) is 1.75. The molecule has 1 aromatic heterocycles. The fourth-order valence-electron chi connectivity index (χ4n) is 2.62. The molecule has 2 rings (SSSR count). The molecule has 21 heavy (non-hydrogen) atoms. The van der Waals surface area contributed by atoms with Gasteiger partial charge in [0, 0.05) is 13.2 Å². The molecule has 2 atom stereocenters. The lowest BCUT2D eigenvalue weighted by Crippen LogP contribution is -2.49. The van der Waals surface area contributed by atoms with Gasteiger partial charge in [0.1, 0.15) is 0 Å². The van der Waals surface area contributed by atoms with Gasteiger partial charge >= 0.3 is 6.03 Å². The molecule has 1 heterocycles. The van der Waals surface area contributed by atoms with E-state index in [0.29, 0.717) is 6.54 Å². The molecule has 1 saturated carbocycles. The maximum absolute atomic E-state index is 12.2. The van der Waals surface area contributed by atoms with Crippen LogP contribution in [0.3, 0.4) is 0 Å². The number of aromatic nitrogens is 1. The van der Waals surface area contributed by atoms with Gasteiger partial charge in [0.25, 0.3) is 0 Å². The minimum atomic E-state index is -0.418. The number of rotatable bonds is 4. The fourth-order valence-corrected chi connectivity index (χ4v) is 2.62. The number of carbonyl (C=O) groups is 1. The number of aryl methyl sites for hydroxylation is 1. The van der Waals surface area contributed by atoms with Crippen LogP contribution in [0.15, 0.2) is 18.3 Å². The van der Waals surface area contributed by atoms with Gasteiger partial charge in [0.15, 0.2) is 0 Å². The van der Waals surface area contributed by atoms with Crippen LogP contribution in [-0.4, -0.2) is 40.2 Å². The fraction of sp³-hybridized carbons (Fsp3) is 0.625. The average molecular weight is 291 g/mol. The van der Waals surface area contributed by atoms with Crippen molar-refractivity contribution in [2.45, 2.75) is 57.7 Å². The highest BCUT2D eigenvalue weighted by molar-refractivity contribution is 5.74. The molecule has 2 amide bonds. The number of nitrogens with zero attached hydrogens (tertiary/aromatic N) is 2. The highest BCUT2D eigenvalue weighted by atomic mass is 16.3. The molecule has 5 heteroatoms. The summed E-state index contributed by atoms with van der Waals surface area (Å²) in [6, 6.07) is 3.73. The van der Waals surface area contributed by atoms with Crippen molar-refractivity contribution in [2.75, 3.05) is 7.05 Å². The lowest BCUT2D eigenvalue weighted by molar-refractivity contribution is 0.0906. The second-order valence-electron chi connectivity index (χ2n) is 5.78. The molecule has 5 nitrogen and oxygen atoms in total. The Hall–Kier alpha value is -1.62. The molecule has 0 bridgehead atoms. The highest BCUT2D eigenvalue weighted by Crippen LogP contribution is 2.18. The summed E-state index contributed by atoms with van der Waals surface area (Å²) >= 11 is 0. The second-order valence-corrected chi connectivity index (χ2v) is 5.78. The summed E-state index contributed by atoms with van der Waals surface area (Å²) in [6.07, 6.45) is 6.12. The standard InChI is InChI=1S/C16H25N3O2/c1-3-12-8-9-13(17-10-12)11-19(2)16(21)18-14-6-4-5-7-15(14)20/h8-10,14-15,20H,3-7,11H2,1-2H3,(H,18,21)/t14-,15-/m0/s1. The van der Waals surface area contributed by atoms with E-state index >= 15 is 0 Å². The van der Waals surface area contributed by atoms with E-state index in [1.807, 2.05) is 18.3 Å². The molecule has 0 aliphatic heterocycles. The Bertz CT molecular complexity index is 461. The Morgan fingerprint density at radius 1 is 1.43 bits per heavy atom. The van der Waals surface area contributed by atoms with E-state index in [2.05, 4.69) is 17.2 Å². The molecule has 0 radical (unpaired) electrons. The molecule has 1 aromatic rings. The summed E-state index contributed by atoms with van der Waals surface area (Å²) < 4.78 is 0. The van der Waals surface area contributed by atoms with Gasteiger partial charge in [-0.1, -0.05) is 25.8 Å². The SMILES string of the molecule is CCc1ccc(CN(C)C(=O)N[C@H]2CCCC[C@@H]2O)nc1. The summed E-state index contributed by atoms with van der Waals surface area (Å²) in [4.78, 5) is 18.1. The third kappa shape index (κ3) is 4.43. The third-order valence-corrected chi connectivity index (χ3v) is 4.08. The number of urea groups is 1. The number of nitrogens with one attached hydrogen (secondary N) is 1. The Labute approximate surface area is 126 Å². The van der Waals surface area contributed by atoms with Crippen molar-refractivity contribution < 1.29 is 9.90 Å². The van der Waals surface area contributed by atoms with E-state index in [4.69, 9.17) is 0 Å². The monoisotopic (exact) mass is 291 g/mol. The molecule has 1 aliphatic carbocycles. The van der Waals surface area contributed by atoms with Gasteiger partial charge in [-0.2, -0.15) is 0 Å². The Morgan fingerprint density at radius 3 is 2.81 bits per heavy atom. The summed E-state index contributed by atoms with van der Waals surface area (Å²) in [5.41, 5.74) is 2.06. The van der Waals surface area contributed by atoms with Gasteiger partial charge < -0.3 is 15.3 Å². The first-order valence-electron chi connectivity index (χ1n) is 7.73. The number of hydrogen-bond acceptors (Lipinski definition) is 3. The van der Waals surface area contributed by atoms with Crippen LogP contribution in [0.5, 0.6) is 0 Å². The first kappa shape index (κ1) is 15.8. The predicted molar refractivity (Wildman–Crippen MR) is 81.9 cm³/mol. The molecule has 2 N–H and O–H groups in total. The van der Waals surface area contributed by atoms with Crippen LogP contribution < -0.4 is 5.32 Å². The van der Waals surface area contributed by atoms with E-state index in [1.165, 1.54) is 5.56 Å². The molecule has 1 fully saturated rings. The quantitative estimate of drug-likeness (QED) is 0.892. The lowest BCUT2D eigenvalue weighted by atomic mass is 9.93. The largest absolute Gasteiger partial charge is 0.391 e. The number of hydrogen-bond donors (Lipinski definition) is 2. The van der Waals surface area contributed by atoms with Crippen molar-refractivity contribution in [1.29, 1.82) is 0 Å². The van der Waals surface area contributed by atoms with Crippen LogP contribution in [0.1, 0.15) is 43.9 Å². The molecule has 116 valence electrons. The van der Waals surface area contributed by atoms with Crippen molar-refractivity contribution in [2.24, 2.45) is 0 Å². The van der Waals surface area contributed by atoms with Crippen LogP contribution in [0.25, 0.3) is 0 Å². The first-order valence-corrected chi connectivity index (χ1v) is 7.73. The number of pyridine rings is 1. The van der Waals surface area contributed by atoms with Gasteiger partial charge in [-0.3, -0.25) is 4.98 Å². The van der Waals surface area contributed by atoms with E-state index in [0.717, 1.165) is 37.8 Å². The normalized spacial score (nSPS) is 21.9. The molecule has 0 unspecified atom stereocenters. The van der Waals surface area contributed by atoms with Crippen molar-refractivity contribution in [3.63, 3.8) is 0 Å². The number of amides is 2. The number of carbonyl (C=O) groups excluding carboxylic acids is 1.